The first kappa shape index (κ1) is 14.4. The first-order chi connectivity index (χ1) is 10.3. The molecule has 0 radical (unpaired) electrons. The van der Waals surface area contributed by atoms with Crippen LogP contribution in [-0.4, -0.2) is 36.5 Å². The average Bonchev–Trinajstić information content (AvgIpc) is 3.06. The summed E-state index contributed by atoms with van der Waals surface area (Å²) in [5.41, 5.74) is 2.59. The maximum Gasteiger partial charge on any atom is 0.240 e. The number of nitrogens with one attached hydrogen (secondary N) is 1. The molecule has 1 unspecified atom stereocenters. The number of fused-ring (bicyclic) bond motifs is 1. The molecular formula is C17H24N2O2. The molecule has 0 aliphatic carbocycles. The van der Waals surface area contributed by atoms with Crippen LogP contribution in [0.3, 0.4) is 0 Å². The van der Waals surface area contributed by atoms with Crippen molar-refractivity contribution in [2.24, 2.45) is 0 Å². The molecule has 4 nitrogen and oxygen atoms in total. The fraction of sp³-hybridized carbons (Fsp3) is 0.588. The van der Waals surface area contributed by atoms with Crippen LogP contribution in [0.5, 0.6) is 5.75 Å². The van der Waals surface area contributed by atoms with Crippen LogP contribution < -0.4 is 10.1 Å². The second-order valence-electron chi connectivity index (χ2n) is 5.94. The molecule has 2 heterocycles. The number of carbonyl (C=O) groups is 1. The van der Waals surface area contributed by atoms with Gasteiger partial charge in [0, 0.05) is 13.1 Å². The Morgan fingerprint density at radius 3 is 3.10 bits per heavy atom. The Labute approximate surface area is 126 Å². The quantitative estimate of drug-likeness (QED) is 0.922. The van der Waals surface area contributed by atoms with Gasteiger partial charge in [-0.3, -0.25) is 4.79 Å². The topological polar surface area (TPSA) is 41.6 Å². The highest BCUT2D eigenvalue weighted by atomic mass is 16.5. The summed E-state index contributed by atoms with van der Waals surface area (Å²) in [6.07, 6.45) is 4.04. The summed E-state index contributed by atoms with van der Waals surface area (Å²) in [5.74, 6) is 1.22. The normalized spacial score (nSPS) is 21.2. The van der Waals surface area contributed by atoms with Gasteiger partial charge in [0.25, 0.3) is 0 Å². The van der Waals surface area contributed by atoms with Gasteiger partial charge in [0.2, 0.25) is 5.91 Å². The van der Waals surface area contributed by atoms with E-state index in [9.17, 15) is 4.79 Å². The molecule has 2 aliphatic rings. The minimum absolute atomic E-state index is 0.0405. The zero-order valence-electron chi connectivity index (χ0n) is 12.7. The monoisotopic (exact) mass is 288 g/mol. The number of hydrogen-bond donors (Lipinski definition) is 1. The zero-order chi connectivity index (χ0) is 14.7. The minimum atomic E-state index is 0.0405. The summed E-state index contributed by atoms with van der Waals surface area (Å²) in [5, 5.41) is 3.30. The van der Waals surface area contributed by atoms with Crippen molar-refractivity contribution in [1.29, 1.82) is 0 Å². The van der Waals surface area contributed by atoms with Crippen molar-refractivity contribution in [2.45, 2.75) is 45.2 Å². The molecule has 1 atom stereocenters. The molecule has 0 saturated carbocycles. The lowest BCUT2D eigenvalue weighted by Crippen LogP contribution is -2.45. The Hall–Kier alpha value is -1.55. The third-order valence-electron chi connectivity index (χ3n) is 4.33. The number of ether oxygens (including phenoxy) is 1. The van der Waals surface area contributed by atoms with Crippen LogP contribution in [0.25, 0.3) is 0 Å². The summed E-state index contributed by atoms with van der Waals surface area (Å²) < 4.78 is 5.69. The Morgan fingerprint density at radius 2 is 2.33 bits per heavy atom. The van der Waals surface area contributed by atoms with Crippen molar-refractivity contribution in [3.63, 3.8) is 0 Å². The third-order valence-corrected chi connectivity index (χ3v) is 4.33. The molecule has 21 heavy (non-hydrogen) atoms. The molecule has 1 aromatic rings. The van der Waals surface area contributed by atoms with Crippen molar-refractivity contribution in [1.82, 2.24) is 10.2 Å². The fourth-order valence-corrected chi connectivity index (χ4v) is 3.14. The van der Waals surface area contributed by atoms with E-state index in [0.717, 1.165) is 57.7 Å². The number of nitrogens with zero attached hydrogens (tertiary/aromatic N) is 1. The molecule has 3 rings (SSSR count). The van der Waals surface area contributed by atoms with E-state index in [0.29, 0.717) is 0 Å². The predicted molar refractivity (Wildman–Crippen MR) is 82.4 cm³/mol. The molecule has 1 N–H and O–H groups in total. The molecule has 1 aromatic carbocycles. The Bertz CT molecular complexity index is 510. The average molecular weight is 288 g/mol. The SMILES string of the molecule is CCCOc1ccc2c(c1)CCN(C(=O)C1CCCN1)C2. The van der Waals surface area contributed by atoms with Gasteiger partial charge in [0.15, 0.2) is 0 Å². The standard InChI is InChI=1S/C17H24N2O2/c1-2-10-21-15-6-5-14-12-19(9-7-13(14)11-15)17(20)16-4-3-8-18-16/h5-6,11,16,18H,2-4,7-10,12H2,1H3. The van der Waals surface area contributed by atoms with Crippen LogP contribution in [0.2, 0.25) is 0 Å². The van der Waals surface area contributed by atoms with Gasteiger partial charge in [-0.15, -0.1) is 0 Å². The maximum atomic E-state index is 12.5. The smallest absolute Gasteiger partial charge is 0.240 e. The van der Waals surface area contributed by atoms with Crippen molar-refractivity contribution >= 4 is 5.91 Å². The van der Waals surface area contributed by atoms with E-state index in [2.05, 4.69) is 24.4 Å². The van der Waals surface area contributed by atoms with Crippen LogP contribution >= 0.6 is 0 Å². The zero-order valence-corrected chi connectivity index (χ0v) is 12.7. The van der Waals surface area contributed by atoms with Gasteiger partial charge in [-0.1, -0.05) is 13.0 Å². The highest BCUT2D eigenvalue weighted by Crippen LogP contribution is 2.25. The van der Waals surface area contributed by atoms with Crippen LogP contribution in [0.15, 0.2) is 18.2 Å². The van der Waals surface area contributed by atoms with E-state index in [-0.39, 0.29) is 11.9 Å². The molecular weight excluding hydrogens is 264 g/mol. The number of benzene rings is 1. The fourth-order valence-electron chi connectivity index (χ4n) is 3.14. The van der Waals surface area contributed by atoms with Crippen molar-refractivity contribution in [3.05, 3.63) is 29.3 Å². The summed E-state index contributed by atoms with van der Waals surface area (Å²) >= 11 is 0. The minimum Gasteiger partial charge on any atom is -0.494 e. The molecule has 1 saturated heterocycles. The van der Waals surface area contributed by atoms with Gasteiger partial charge < -0.3 is 15.0 Å². The largest absolute Gasteiger partial charge is 0.494 e. The van der Waals surface area contributed by atoms with Gasteiger partial charge >= 0.3 is 0 Å². The van der Waals surface area contributed by atoms with Crippen molar-refractivity contribution < 1.29 is 9.53 Å². The number of rotatable bonds is 4. The van der Waals surface area contributed by atoms with E-state index in [1.807, 2.05) is 11.0 Å². The predicted octanol–water partition coefficient (Wildman–Crippen LogP) is 2.11. The second kappa shape index (κ2) is 6.48. The molecule has 1 amide bonds. The van der Waals surface area contributed by atoms with Crippen LogP contribution in [-0.2, 0) is 17.8 Å². The van der Waals surface area contributed by atoms with Crippen LogP contribution in [0, 0.1) is 0 Å². The lowest BCUT2D eigenvalue weighted by molar-refractivity contribution is -0.134. The van der Waals surface area contributed by atoms with Crippen molar-refractivity contribution in [3.8, 4) is 5.75 Å². The molecule has 0 bridgehead atoms. The van der Waals surface area contributed by atoms with Crippen molar-refractivity contribution in [2.75, 3.05) is 19.7 Å². The van der Waals surface area contributed by atoms with Gasteiger partial charge in [0.05, 0.1) is 12.6 Å². The Morgan fingerprint density at radius 1 is 1.43 bits per heavy atom. The number of carbonyl (C=O) groups excluding carboxylic acids is 1. The Kier molecular flexibility index (Phi) is 4.44. The van der Waals surface area contributed by atoms with Gasteiger partial charge in [-0.05, 0) is 55.5 Å². The summed E-state index contributed by atoms with van der Waals surface area (Å²) in [6, 6.07) is 6.32. The molecule has 1 fully saturated rings. The van der Waals surface area contributed by atoms with E-state index in [1.54, 1.807) is 0 Å². The van der Waals surface area contributed by atoms with Gasteiger partial charge in [0.1, 0.15) is 5.75 Å². The summed E-state index contributed by atoms with van der Waals surface area (Å²) in [7, 11) is 0. The first-order valence-electron chi connectivity index (χ1n) is 8.04. The van der Waals surface area contributed by atoms with E-state index < -0.39 is 0 Å². The van der Waals surface area contributed by atoms with Gasteiger partial charge in [-0.2, -0.15) is 0 Å². The summed E-state index contributed by atoms with van der Waals surface area (Å²) in [6.45, 7) is 5.40. The molecule has 0 spiro atoms. The third kappa shape index (κ3) is 3.21. The molecule has 4 heteroatoms. The highest BCUT2D eigenvalue weighted by Gasteiger charge is 2.29. The number of hydrogen-bond acceptors (Lipinski definition) is 3. The molecule has 0 aromatic heterocycles. The lowest BCUT2D eigenvalue weighted by atomic mass is 9.98. The Balaban J connectivity index is 1.66. The van der Waals surface area contributed by atoms with E-state index in [4.69, 9.17) is 4.74 Å². The number of amides is 1. The van der Waals surface area contributed by atoms with Gasteiger partial charge in [-0.25, -0.2) is 0 Å². The summed E-state index contributed by atoms with van der Waals surface area (Å²) in [4.78, 5) is 14.5. The highest BCUT2D eigenvalue weighted by molar-refractivity contribution is 5.82. The molecule has 114 valence electrons. The van der Waals surface area contributed by atoms with E-state index >= 15 is 0 Å². The van der Waals surface area contributed by atoms with E-state index in [1.165, 1.54) is 11.1 Å². The van der Waals surface area contributed by atoms with Crippen LogP contribution in [0.1, 0.15) is 37.3 Å². The lowest BCUT2D eigenvalue weighted by Gasteiger charge is -2.31. The van der Waals surface area contributed by atoms with Crippen LogP contribution in [0.4, 0.5) is 0 Å². The molecule has 2 aliphatic heterocycles. The maximum absolute atomic E-state index is 12.5. The first-order valence-corrected chi connectivity index (χ1v) is 8.04. The second-order valence-corrected chi connectivity index (χ2v) is 5.94.